The highest BCUT2D eigenvalue weighted by Gasteiger charge is 2.15. The van der Waals surface area contributed by atoms with Crippen molar-refractivity contribution in [2.75, 3.05) is 10.0 Å². The molecule has 1 heterocycles. The van der Waals surface area contributed by atoms with E-state index in [2.05, 4.69) is 15.0 Å². The molecule has 0 fully saturated rings. The maximum Gasteiger partial charge on any atom is 0.261 e. The number of halogens is 1. The lowest BCUT2D eigenvalue weighted by molar-refractivity contribution is 0.102. The number of pyridine rings is 1. The Hall–Kier alpha value is -2.90. The first-order valence-corrected chi connectivity index (χ1v) is 9.41. The third-order valence-electron chi connectivity index (χ3n) is 3.43. The van der Waals surface area contributed by atoms with Gasteiger partial charge >= 0.3 is 0 Å². The number of anilines is 2. The number of sulfonamides is 1. The summed E-state index contributed by atoms with van der Waals surface area (Å²) in [6, 6.07) is 17.1. The third kappa shape index (κ3) is 4.38. The van der Waals surface area contributed by atoms with Gasteiger partial charge in [0.25, 0.3) is 15.9 Å². The number of aromatic nitrogens is 1. The lowest BCUT2D eigenvalue weighted by Crippen LogP contribution is -2.15. The summed E-state index contributed by atoms with van der Waals surface area (Å²) in [4.78, 5) is 16.2. The molecule has 1 amide bonds. The van der Waals surface area contributed by atoms with Crippen LogP contribution in [0.3, 0.4) is 0 Å². The number of carbonyl (C=O) groups is 1. The highest BCUT2D eigenvalue weighted by atomic mass is 35.5. The Labute approximate surface area is 155 Å². The molecule has 0 bridgehead atoms. The van der Waals surface area contributed by atoms with E-state index < -0.39 is 10.0 Å². The Morgan fingerprint density at radius 2 is 1.62 bits per heavy atom. The van der Waals surface area contributed by atoms with Crippen LogP contribution in [0.2, 0.25) is 5.02 Å². The first-order chi connectivity index (χ1) is 12.4. The van der Waals surface area contributed by atoms with Crippen molar-refractivity contribution in [1.82, 2.24) is 4.98 Å². The van der Waals surface area contributed by atoms with Gasteiger partial charge in [0, 0.05) is 22.5 Å². The molecule has 0 aliphatic carbocycles. The molecule has 6 nitrogen and oxygen atoms in total. The van der Waals surface area contributed by atoms with Crippen LogP contribution in [0.1, 0.15) is 10.4 Å². The molecule has 0 unspecified atom stereocenters. The van der Waals surface area contributed by atoms with Gasteiger partial charge in [-0.25, -0.2) is 13.4 Å². The van der Waals surface area contributed by atoms with Gasteiger partial charge in [0.2, 0.25) is 0 Å². The summed E-state index contributed by atoms with van der Waals surface area (Å²) in [5.74, 6) is 0.0388. The van der Waals surface area contributed by atoms with Crippen molar-refractivity contribution >= 4 is 39.0 Å². The zero-order valence-electron chi connectivity index (χ0n) is 13.4. The molecule has 0 aliphatic heterocycles. The van der Waals surface area contributed by atoms with Crippen molar-refractivity contribution in [3.05, 3.63) is 83.5 Å². The SMILES string of the molecule is O=C(Nc1ccccn1)c1ccc(S(=O)(=O)Nc2ccc(Cl)cc2)cc1. The van der Waals surface area contributed by atoms with E-state index in [-0.39, 0.29) is 10.8 Å². The maximum absolute atomic E-state index is 12.4. The Balaban J connectivity index is 1.73. The molecule has 8 heteroatoms. The standard InChI is InChI=1S/C18H14ClN3O3S/c19-14-6-8-15(9-7-14)22-26(24,25)16-10-4-13(5-11-16)18(23)21-17-3-1-2-12-20-17/h1-12,22H,(H,20,21,23). The van der Waals surface area contributed by atoms with Gasteiger partial charge < -0.3 is 5.32 Å². The number of amides is 1. The number of carbonyl (C=O) groups excluding carboxylic acids is 1. The predicted octanol–water partition coefficient (Wildman–Crippen LogP) is 3.79. The Bertz CT molecular complexity index is 1010. The molecule has 0 atom stereocenters. The van der Waals surface area contributed by atoms with Crippen molar-refractivity contribution in [2.24, 2.45) is 0 Å². The molecule has 0 saturated carbocycles. The van der Waals surface area contributed by atoms with E-state index in [9.17, 15) is 13.2 Å². The summed E-state index contributed by atoms with van der Waals surface area (Å²) in [6.07, 6.45) is 1.56. The lowest BCUT2D eigenvalue weighted by atomic mass is 10.2. The van der Waals surface area contributed by atoms with Crippen LogP contribution in [0.25, 0.3) is 0 Å². The van der Waals surface area contributed by atoms with Gasteiger partial charge in [0.05, 0.1) is 4.90 Å². The fourth-order valence-electron chi connectivity index (χ4n) is 2.14. The second-order valence-electron chi connectivity index (χ2n) is 5.31. The normalized spacial score (nSPS) is 11.0. The molecule has 2 N–H and O–H groups in total. The number of nitrogens with zero attached hydrogens (tertiary/aromatic N) is 1. The Kier molecular flexibility index (Phi) is 5.20. The summed E-state index contributed by atoms with van der Waals surface area (Å²) in [5, 5.41) is 3.14. The highest BCUT2D eigenvalue weighted by Crippen LogP contribution is 2.19. The molecule has 2 aromatic carbocycles. The predicted molar refractivity (Wildman–Crippen MR) is 101 cm³/mol. The number of rotatable bonds is 5. The summed E-state index contributed by atoms with van der Waals surface area (Å²) >= 11 is 5.79. The van der Waals surface area contributed by atoms with E-state index in [0.717, 1.165) is 0 Å². The molecule has 1 aromatic heterocycles. The minimum Gasteiger partial charge on any atom is -0.307 e. The van der Waals surface area contributed by atoms with Gasteiger partial charge in [-0.15, -0.1) is 0 Å². The van der Waals surface area contributed by atoms with Crippen LogP contribution in [-0.2, 0) is 10.0 Å². The maximum atomic E-state index is 12.4. The van der Waals surface area contributed by atoms with Gasteiger partial charge in [-0.1, -0.05) is 17.7 Å². The van der Waals surface area contributed by atoms with Crippen LogP contribution in [-0.4, -0.2) is 19.3 Å². The van der Waals surface area contributed by atoms with E-state index in [4.69, 9.17) is 11.6 Å². The smallest absolute Gasteiger partial charge is 0.261 e. The van der Waals surface area contributed by atoms with Crippen LogP contribution in [0.15, 0.2) is 77.8 Å². The van der Waals surface area contributed by atoms with Crippen molar-refractivity contribution in [3.8, 4) is 0 Å². The monoisotopic (exact) mass is 387 g/mol. The zero-order chi connectivity index (χ0) is 18.6. The van der Waals surface area contributed by atoms with E-state index in [1.807, 2.05) is 0 Å². The van der Waals surface area contributed by atoms with E-state index in [1.54, 1.807) is 48.7 Å². The van der Waals surface area contributed by atoms with Crippen LogP contribution < -0.4 is 10.0 Å². The summed E-state index contributed by atoms with van der Waals surface area (Å²) < 4.78 is 27.3. The molecular formula is C18H14ClN3O3S. The topological polar surface area (TPSA) is 88.2 Å². The van der Waals surface area contributed by atoms with Crippen molar-refractivity contribution in [2.45, 2.75) is 4.90 Å². The average molecular weight is 388 g/mol. The average Bonchev–Trinajstić information content (AvgIpc) is 2.64. The zero-order valence-corrected chi connectivity index (χ0v) is 15.0. The molecular weight excluding hydrogens is 374 g/mol. The molecule has 3 aromatic rings. The fourth-order valence-corrected chi connectivity index (χ4v) is 3.33. The first kappa shape index (κ1) is 17.9. The highest BCUT2D eigenvalue weighted by molar-refractivity contribution is 7.92. The second-order valence-corrected chi connectivity index (χ2v) is 7.42. The van der Waals surface area contributed by atoms with Gasteiger partial charge in [-0.2, -0.15) is 0 Å². The van der Waals surface area contributed by atoms with Crippen molar-refractivity contribution in [1.29, 1.82) is 0 Å². The molecule has 132 valence electrons. The molecule has 0 radical (unpaired) electrons. The third-order valence-corrected chi connectivity index (χ3v) is 5.08. The van der Waals surface area contributed by atoms with E-state index in [1.165, 1.54) is 24.3 Å². The van der Waals surface area contributed by atoms with Gasteiger partial charge in [-0.05, 0) is 60.7 Å². The van der Waals surface area contributed by atoms with Gasteiger partial charge in [0.1, 0.15) is 5.82 Å². The Morgan fingerprint density at radius 3 is 2.23 bits per heavy atom. The van der Waals surface area contributed by atoms with Gasteiger partial charge in [0.15, 0.2) is 0 Å². The number of benzene rings is 2. The van der Waals surface area contributed by atoms with Crippen LogP contribution >= 0.6 is 11.6 Å². The van der Waals surface area contributed by atoms with Crippen LogP contribution in [0.4, 0.5) is 11.5 Å². The first-order valence-electron chi connectivity index (χ1n) is 7.55. The number of hydrogen-bond acceptors (Lipinski definition) is 4. The van der Waals surface area contributed by atoms with E-state index >= 15 is 0 Å². The summed E-state index contributed by atoms with van der Waals surface area (Å²) in [5.41, 5.74) is 0.715. The van der Waals surface area contributed by atoms with Crippen molar-refractivity contribution in [3.63, 3.8) is 0 Å². The molecule has 26 heavy (non-hydrogen) atoms. The minimum atomic E-state index is -3.76. The number of nitrogens with one attached hydrogen (secondary N) is 2. The molecule has 3 rings (SSSR count). The van der Waals surface area contributed by atoms with Gasteiger partial charge in [-0.3, -0.25) is 9.52 Å². The summed E-state index contributed by atoms with van der Waals surface area (Å²) in [6.45, 7) is 0. The van der Waals surface area contributed by atoms with E-state index in [0.29, 0.717) is 22.1 Å². The fraction of sp³-hybridized carbons (Fsp3) is 0. The molecule has 0 saturated heterocycles. The number of hydrogen-bond donors (Lipinski definition) is 2. The summed E-state index contributed by atoms with van der Waals surface area (Å²) in [7, 11) is -3.76. The quantitative estimate of drug-likeness (QED) is 0.697. The second kappa shape index (κ2) is 7.55. The molecule has 0 aliphatic rings. The van der Waals surface area contributed by atoms with Crippen LogP contribution in [0.5, 0.6) is 0 Å². The van der Waals surface area contributed by atoms with Crippen molar-refractivity contribution < 1.29 is 13.2 Å². The largest absolute Gasteiger partial charge is 0.307 e. The molecule has 0 spiro atoms. The lowest BCUT2D eigenvalue weighted by Gasteiger charge is -2.09. The minimum absolute atomic E-state index is 0.0434. The Morgan fingerprint density at radius 1 is 0.923 bits per heavy atom. The van der Waals surface area contributed by atoms with Crippen LogP contribution in [0, 0.1) is 0 Å².